The van der Waals surface area contributed by atoms with E-state index in [0.717, 1.165) is 5.56 Å². The molecule has 6 heteroatoms. The average molecular weight is 347 g/mol. The van der Waals surface area contributed by atoms with Gasteiger partial charge in [0, 0.05) is 5.69 Å². The number of nitrogens with one attached hydrogen (secondary N) is 1. The number of rotatable bonds is 7. The minimum absolute atomic E-state index is 0.142. The third-order valence-electron chi connectivity index (χ3n) is 3.44. The van der Waals surface area contributed by atoms with Crippen LogP contribution in [-0.2, 0) is 20.4 Å². The average Bonchev–Trinajstić information content (AvgIpc) is 2.51. The molecule has 2 aromatic carbocycles. The maximum atomic E-state index is 12.2. The molecule has 0 aromatic heterocycles. The van der Waals surface area contributed by atoms with Crippen molar-refractivity contribution in [3.8, 4) is 5.75 Å². The van der Waals surface area contributed by atoms with E-state index in [0.29, 0.717) is 23.6 Å². The van der Waals surface area contributed by atoms with Gasteiger partial charge in [-0.15, -0.1) is 0 Å². The van der Waals surface area contributed by atoms with Gasteiger partial charge in [0.1, 0.15) is 11.5 Å². The summed E-state index contributed by atoms with van der Waals surface area (Å²) in [5.41, 5.74) is 2.15. The standard InChI is InChI=1S/C18H21NO4S/c1-3-23-17-10-8-16(9-11-17)19-18(20)13-24(21,22)12-15-7-5-4-6-14(15)2/h4-11H,3,12-13H2,1-2H3,(H,19,20). The van der Waals surface area contributed by atoms with Gasteiger partial charge in [-0.25, -0.2) is 8.42 Å². The number of hydrogen-bond acceptors (Lipinski definition) is 4. The van der Waals surface area contributed by atoms with Crippen molar-refractivity contribution in [1.29, 1.82) is 0 Å². The van der Waals surface area contributed by atoms with Gasteiger partial charge in [-0.2, -0.15) is 0 Å². The third-order valence-corrected chi connectivity index (χ3v) is 4.89. The Labute approximate surface area is 142 Å². The van der Waals surface area contributed by atoms with Crippen LogP contribution in [0.3, 0.4) is 0 Å². The zero-order valence-corrected chi connectivity index (χ0v) is 14.6. The van der Waals surface area contributed by atoms with Crippen LogP contribution >= 0.6 is 0 Å². The van der Waals surface area contributed by atoms with Crippen LogP contribution in [0.4, 0.5) is 5.69 Å². The molecular weight excluding hydrogens is 326 g/mol. The first kappa shape index (κ1) is 18.0. The van der Waals surface area contributed by atoms with Gasteiger partial charge in [-0.1, -0.05) is 24.3 Å². The van der Waals surface area contributed by atoms with Gasteiger partial charge in [0.2, 0.25) is 5.91 Å². The maximum absolute atomic E-state index is 12.2. The molecule has 1 amide bonds. The van der Waals surface area contributed by atoms with Gasteiger partial charge >= 0.3 is 0 Å². The summed E-state index contributed by atoms with van der Waals surface area (Å²) in [5, 5.41) is 2.59. The minimum Gasteiger partial charge on any atom is -0.494 e. The Balaban J connectivity index is 1.96. The number of sulfone groups is 1. The smallest absolute Gasteiger partial charge is 0.239 e. The minimum atomic E-state index is -3.53. The first-order valence-electron chi connectivity index (χ1n) is 7.67. The molecule has 2 rings (SSSR count). The number of anilines is 1. The lowest BCUT2D eigenvalue weighted by molar-refractivity contribution is -0.113. The van der Waals surface area contributed by atoms with Gasteiger partial charge in [-0.05, 0) is 49.2 Å². The van der Waals surface area contributed by atoms with Crippen LogP contribution in [0.1, 0.15) is 18.1 Å². The Morgan fingerprint density at radius 1 is 1.08 bits per heavy atom. The largest absolute Gasteiger partial charge is 0.494 e. The highest BCUT2D eigenvalue weighted by molar-refractivity contribution is 7.91. The molecule has 2 aromatic rings. The van der Waals surface area contributed by atoms with E-state index in [1.165, 1.54) is 0 Å². The lowest BCUT2D eigenvalue weighted by Gasteiger charge is -2.09. The first-order valence-corrected chi connectivity index (χ1v) is 9.49. The molecule has 0 fully saturated rings. The Morgan fingerprint density at radius 3 is 2.38 bits per heavy atom. The van der Waals surface area contributed by atoms with Crippen molar-refractivity contribution >= 4 is 21.4 Å². The fourth-order valence-electron chi connectivity index (χ4n) is 2.26. The quantitative estimate of drug-likeness (QED) is 0.836. The van der Waals surface area contributed by atoms with E-state index in [2.05, 4.69) is 5.32 Å². The molecule has 0 aliphatic rings. The topological polar surface area (TPSA) is 72.5 Å². The van der Waals surface area contributed by atoms with Gasteiger partial charge in [-0.3, -0.25) is 4.79 Å². The monoisotopic (exact) mass is 347 g/mol. The van der Waals surface area contributed by atoms with Crippen molar-refractivity contribution in [3.63, 3.8) is 0 Å². The van der Waals surface area contributed by atoms with E-state index in [4.69, 9.17) is 4.74 Å². The van der Waals surface area contributed by atoms with Crippen LogP contribution in [0.2, 0.25) is 0 Å². The highest BCUT2D eigenvalue weighted by Crippen LogP contribution is 2.16. The van der Waals surface area contributed by atoms with E-state index in [1.807, 2.05) is 26.0 Å². The van der Waals surface area contributed by atoms with Crippen molar-refractivity contribution in [2.75, 3.05) is 17.7 Å². The summed E-state index contributed by atoms with van der Waals surface area (Å²) >= 11 is 0. The Morgan fingerprint density at radius 2 is 1.75 bits per heavy atom. The molecule has 0 aliphatic carbocycles. The molecule has 24 heavy (non-hydrogen) atoms. The molecule has 0 unspecified atom stereocenters. The normalized spacial score (nSPS) is 11.1. The Kier molecular flexibility index (Phi) is 5.98. The second-order valence-electron chi connectivity index (χ2n) is 5.46. The van der Waals surface area contributed by atoms with E-state index in [-0.39, 0.29) is 5.75 Å². The van der Waals surface area contributed by atoms with Gasteiger partial charge in [0.25, 0.3) is 0 Å². The SMILES string of the molecule is CCOc1ccc(NC(=O)CS(=O)(=O)Cc2ccccc2C)cc1. The molecule has 0 saturated heterocycles. The lowest BCUT2D eigenvalue weighted by Crippen LogP contribution is -2.24. The zero-order valence-electron chi connectivity index (χ0n) is 13.8. The summed E-state index contributed by atoms with van der Waals surface area (Å²) in [4.78, 5) is 12.0. The predicted molar refractivity (Wildman–Crippen MR) is 94.9 cm³/mol. The van der Waals surface area contributed by atoms with Crippen LogP contribution in [0.25, 0.3) is 0 Å². The molecule has 0 spiro atoms. The summed E-state index contributed by atoms with van der Waals surface area (Å²) in [7, 11) is -3.53. The molecule has 0 heterocycles. The van der Waals surface area contributed by atoms with E-state index < -0.39 is 21.5 Å². The number of carbonyl (C=O) groups is 1. The predicted octanol–water partition coefficient (Wildman–Crippen LogP) is 2.95. The summed E-state index contributed by atoms with van der Waals surface area (Å²) in [5.74, 6) is -0.541. The van der Waals surface area contributed by atoms with Crippen molar-refractivity contribution < 1.29 is 17.9 Å². The third kappa shape index (κ3) is 5.38. The molecule has 1 N–H and O–H groups in total. The lowest BCUT2D eigenvalue weighted by atomic mass is 10.1. The van der Waals surface area contributed by atoms with Crippen molar-refractivity contribution in [1.82, 2.24) is 0 Å². The molecule has 128 valence electrons. The fraction of sp³-hybridized carbons (Fsp3) is 0.278. The summed E-state index contributed by atoms with van der Waals surface area (Å²) in [6.07, 6.45) is 0. The van der Waals surface area contributed by atoms with Crippen LogP contribution in [0.15, 0.2) is 48.5 Å². The Hall–Kier alpha value is -2.34. The number of amides is 1. The van der Waals surface area contributed by atoms with E-state index >= 15 is 0 Å². The summed E-state index contributed by atoms with van der Waals surface area (Å²) in [6.45, 7) is 4.29. The fourth-order valence-corrected chi connectivity index (χ4v) is 3.63. The zero-order chi connectivity index (χ0) is 17.6. The van der Waals surface area contributed by atoms with Gasteiger partial charge in [0.05, 0.1) is 12.4 Å². The second-order valence-corrected chi connectivity index (χ2v) is 7.53. The molecule has 0 saturated carbocycles. The molecule has 0 aliphatic heterocycles. The van der Waals surface area contributed by atoms with Crippen molar-refractivity contribution in [3.05, 3.63) is 59.7 Å². The summed E-state index contributed by atoms with van der Waals surface area (Å²) in [6, 6.07) is 14.1. The van der Waals surface area contributed by atoms with Crippen LogP contribution in [0, 0.1) is 6.92 Å². The van der Waals surface area contributed by atoms with Crippen LogP contribution < -0.4 is 10.1 Å². The maximum Gasteiger partial charge on any atom is 0.239 e. The number of hydrogen-bond donors (Lipinski definition) is 1. The van der Waals surface area contributed by atoms with E-state index in [1.54, 1.807) is 36.4 Å². The number of carbonyl (C=O) groups excluding carboxylic acids is 1. The molecule has 0 atom stereocenters. The number of aryl methyl sites for hydroxylation is 1. The van der Waals surface area contributed by atoms with E-state index in [9.17, 15) is 13.2 Å². The van der Waals surface area contributed by atoms with Gasteiger partial charge < -0.3 is 10.1 Å². The molecule has 0 bridgehead atoms. The highest BCUT2D eigenvalue weighted by Gasteiger charge is 2.18. The molecule has 5 nitrogen and oxygen atoms in total. The number of ether oxygens (including phenoxy) is 1. The summed E-state index contributed by atoms with van der Waals surface area (Å²) < 4.78 is 29.7. The Bertz CT molecular complexity index is 798. The number of benzene rings is 2. The second kappa shape index (κ2) is 7.97. The van der Waals surface area contributed by atoms with Crippen LogP contribution in [0.5, 0.6) is 5.75 Å². The van der Waals surface area contributed by atoms with Crippen molar-refractivity contribution in [2.24, 2.45) is 0 Å². The molecular formula is C18H21NO4S. The van der Waals surface area contributed by atoms with Crippen LogP contribution in [-0.4, -0.2) is 26.7 Å². The first-order chi connectivity index (χ1) is 11.4. The highest BCUT2D eigenvalue weighted by atomic mass is 32.2. The van der Waals surface area contributed by atoms with Crippen molar-refractivity contribution in [2.45, 2.75) is 19.6 Å². The molecule has 0 radical (unpaired) electrons. The van der Waals surface area contributed by atoms with Gasteiger partial charge in [0.15, 0.2) is 9.84 Å².